The Bertz CT molecular complexity index is 394. The SMILES string of the molecule is CCOc1ccccc1C(O)CN1CCCCC1C. The van der Waals surface area contributed by atoms with E-state index in [2.05, 4.69) is 11.8 Å². The number of hydrogen-bond acceptors (Lipinski definition) is 3. The van der Waals surface area contributed by atoms with E-state index in [9.17, 15) is 5.11 Å². The maximum atomic E-state index is 10.5. The summed E-state index contributed by atoms with van der Waals surface area (Å²) in [4.78, 5) is 2.39. The van der Waals surface area contributed by atoms with Gasteiger partial charge in [0.15, 0.2) is 0 Å². The van der Waals surface area contributed by atoms with Gasteiger partial charge in [0.1, 0.15) is 5.75 Å². The molecule has 19 heavy (non-hydrogen) atoms. The molecule has 0 saturated carbocycles. The van der Waals surface area contributed by atoms with E-state index >= 15 is 0 Å². The molecule has 3 heteroatoms. The number of β-amino-alcohol motifs (C(OH)–C–C–N with tert-alkyl or cyclic N) is 1. The van der Waals surface area contributed by atoms with Crippen LogP contribution in [0.1, 0.15) is 44.8 Å². The zero-order chi connectivity index (χ0) is 13.7. The second kappa shape index (κ2) is 6.92. The van der Waals surface area contributed by atoms with Gasteiger partial charge in [0.2, 0.25) is 0 Å². The van der Waals surface area contributed by atoms with Crippen LogP contribution in [0.4, 0.5) is 0 Å². The van der Waals surface area contributed by atoms with Crippen molar-refractivity contribution in [3.8, 4) is 5.75 Å². The fraction of sp³-hybridized carbons (Fsp3) is 0.625. The number of aliphatic hydroxyl groups is 1. The summed E-state index contributed by atoms with van der Waals surface area (Å²) in [5.41, 5.74) is 0.905. The van der Waals surface area contributed by atoms with Gasteiger partial charge in [0.25, 0.3) is 0 Å². The Morgan fingerprint density at radius 1 is 1.37 bits per heavy atom. The van der Waals surface area contributed by atoms with Gasteiger partial charge in [0.05, 0.1) is 12.7 Å². The smallest absolute Gasteiger partial charge is 0.125 e. The average molecular weight is 263 g/mol. The Morgan fingerprint density at radius 3 is 2.89 bits per heavy atom. The predicted octanol–water partition coefficient (Wildman–Crippen LogP) is 2.99. The lowest BCUT2D eigenvalue weighted by atomic mass is 10.0. The van der Waals surface area contributed by atoms with Crippen LogP contribution in [0.3, 0.4) is 0 Å². The van der Waals surface area contributed by atoms with Crippen molar-refractivity contribution in [1.29, 1.82) is 0 Å². The molecule has 0 aliphatic carbocycles. The quantitative estimate of drug-likeness (QED) is 0.886. The van der Waals surface area contributed by atoms with Gasteiger partial charge in [-0.05, 0) is 39.3 Å². The van der Waals surface area contributed by atoms with E-state index in [1.807, 2.05) is 31.2 Å². The number of ether oxygens (including phenoxy) is 1. The number of aliphatic hydroxyl groups excluding tert-OH is 1. The normalized spacial score (nSPS) is 22.2. The lowest BCUT2D eigenvalue weighted by Crippen LogP contribution is -2.40. The van der Waals surface area contributed by atoms with Crippen LogP contribution < -0.4 is 4.74 Å². The highest BCUT2D eigenvalue weighted by Gasteiger charge is 2.22. The second-order valence-electron chi connectivity index (χ2n) is 5.33. The maximum Gasteiger partial charge on any atom is 0.125 e. The summed E-state index contributed by atoms with van der Waals surface area (Å²) in [5.74, 6) is 0.808. The largest absolute Gasteiger partial charge is 0.493 e. The molecule has 1 aromatic rings. The number of likely N-dealkylation sites (tertiary alicyclic amines) is 1. The summed E-state index contributed by atoms with van der Waals surface area (Å²) < 4.78 is 5.60. The van der Waals surface area contributed by atoms with E-state index < -0.39 is 6.10 Å². The van der Waals surface area contributed by atoms with Crippen LogP contribution >= 0.6 is 0 Å². The Morgan fingerprint density at radius 2 is 2.16 bits per heavy atom. The number of hydrogen-bond donors (Lipinski definition) is 1. The highest BCUT2D eigenvalue weighted by atomic mass is 16.5. The molecular weight excluding hydrogens is 238 g/mol. The zero-order valence-electron chi connectivity index (χ0n) is 12.0. The number of benzene rings is 1. The van der Waals surface area contributed by atoms with Gasteiger partial charge in [-0.1, -0.05) is 24.6 Å². The van der Waals surface area contributed by atoms with Gasteiger partial charge < -0.3 is 9.84 Å². The summed E-state index contributed by atoms with van der Waals surface area (Å²) in [6.07, 6.45) is 3.32. The lowest BCUT2D eigenvalue weighted by molar-refractivity contribution is 0.0715. The van der Waals surface area contributed by atoms with Crippen LogP contribution in [0.25, 0.3) is 0 Å². The van der Waals surface area contributed by atoms with Crippen LogP contribution in [0.2, 0.25) is 0 Å². The molecular formula is C16H25NO2. The number of nitrogens with zero attached hydrogens (tertiary/aromatic N) is 1. The summed E-state index contributed by atoms with van der Waals surface area (Å²) in [7, 11) is 0. The first-order chi connectivity index (χ1) is 9.22. The molecule has 106 valence electrons. The number of para-hydroxylation sites is 1. The minimum Gasteiger partial charge on any atom is -0.493 e. The van der Waals surface area contributed by atoms with Crippen LogP contribution in [0, 0.1) is 0 Å². The molecule has 1 N–H and O–H groups in total. The second-order valence-corrected chi connectivity index (χ2v) is 5.33. The molecule has 1 saturated heterocycles. The maximum absolute atomic E-state index is 10.5. The Labute approximate surface area is 116 Å². The van der Waals surface area contributed by atoms with Crippen molar-refractivity contribution in [2.24, 2.45) is 0 Å². The molecule has 1 fully saturated rings. The van der Waals surface area contributed by atoms with Crippen molar-refractivity contribution in [3.63, 3.8) is 0 Å². The van der Waals surface area contributed by atoms with Crippen LogP contribution in [0.15, 0.2) is 24.3 Å². The number of piperidine rings is 1. The van der Waals surface area contributed by atoms with E-state index in [4.69, 9.17) is 4.74 Å². The molecule has 3 nitrogen and oxygen atoms in total. The summed E-state index contributed by atoms with van der Waals surface area (Å²) in [6.45, 7) is 6.64. The summed E-state index contributed by atoms with van der Waals surface area (Å²) >= 11 is 0. The first kappa shape index (κ1) is 14.4. The van der Waals surface area contributed by atoms with E-state index in [-0.39, 0.29) is 0 Å². The molecule has 1 aliphatic heterocycles. The van der Waals surface area contributed by atoms with E-state index in [0.29, 0.717) is 19.2 Å². The molecule has 2 unspecified atom stereocenters. The monoisotopic (exact) mass is 263 g/mol. The minimum absolute atomic E-state index is 0.469. The molecule has 1 aromatic carbocycles. The average Bonchev–Trinajstić information content (AvgIpc) is 2.42. The molecule has 0 bridgehead atoms. The van der Waals surface area contributed by atoms with Crippen molar-refractivity contribution in [2.45, 2.75) is 45.3 Å². The van der Waals surface area contributed by atoms with Crippen molar-refractivity contribution >= 4 is 0 Å². The molecule has 1 aliphatic rings. The third kappa shape index (κ3) is 3.71. The molecule has 0 spiro atoms. The molecule has 0 radical (unpaired) electrons. The van der Waals surface area contributed by atoms with Crippen LogP contribution in [-0.4, -0.2) is 35.7 Å². The van der Waals surface area contributed by atoms with Gasteiger partial charge in [-0.2, -0.15) is 0 Å². The van der Waals surface area contributed by atoms with Gasteiger partial charge in [-0.15, -0.1) is 0 Å². The lowest BCUT2D eigenvalue weighted by Gasteiger charge is -2.35. The van der Waals surface area contributed by atoms with Crippen LogP contribution in [-0.2, 0) is 0 Å². The van der Waals surface area contributed by atoms with Crippen LogP contribution in [0.5, 0.6) is 5.75 Å². The van der Waals surface area contributed by atoms with Crippen molar-refractivity contribution in [3.05, 3.63) is 29.8 Å². The molecule has 1 heterocycles. The fourth-order valence-corrected chi connectivity index (χ4v) is 2.79. The van der Waals surface area contributed by atoms with Gasteiger partial charge >= 0.3 is 0 Å². The molecule has 2 atom stereocenters. The highest BCUT2D eigenvalue weighted by molar-refractivity contribution is 5.35. The Kier molecular flexibility index (Phi) is 5.23. The van der Waals surface area contributed by atoms with Gasteiger partial charge in [-0.3, -0.25) is 4.90 Å². The molecule has 0 amide bonds. The van der Waals surface area contributed by atoms with E-state index in [1.54, 1.807) is 0 Å². The number of rotatable bonds is 5. The Hall–Kier alpha value is -1.06. The Balaban J connectivity index is 2.04. The first-order valence-electron chi connectivity index (χ1n) is 7.36. The standard InChI is InChI=1S/C16H25NO2/c1-3-19-16-10-5-4-9-14(16)15(18)12-17-11-7-6-8-13(17)2/h4-5,9-10,13,15,18H,3,6-8,11-12H2,1-2H3. The summed E-state index contributed by atoms with van der Waals surface area (Å²) in [6, 6.07) is 8.37. The van der Waals surface area contributed by atoms with Crippen molar-refractivity contribution < 1.29 is 9.84 Å². The molecule has 2 rings (SSSR count). The highest BCUT2D eigenvalue weighted by Crippen LogP contribution is 2.27. The first-order valence-corrected chi connectivity index (χ1v) is 7.36. The third-order valence-corrected chi connectivity index (χ3v) is 3.93. The fourth-order valence-electron chi connectivity index (χ4n) is 2.79. The predicted molar refractivity (Wildman–Crippen MR) is 77.5 cm³/mol. The zero-order valence-corrected chi connectivity index (χ0v) is 12.0. The minimum atomic E-state index is -0.469. The van der Waals surface area contributed by atoms with Gasteiger partial charge in [0, 0.05) is 18.2 Å². The van der Waals surface area contributed by atoms with Crippen molar-refractivity contribution in [2.75, 3.05) is 19.7 Å². The van der Waals surface area contributed by atoms with E-state index in [1.165, 1.54) is 19.3 Å². The van der Waals surface area contributed by atoms with E-state index in [0.717, 1.165) is 17.9 Å². The topological polar surface area (TPSA) is 32.7 Å². The summed E-state index contributed by atoms with van der Waals surface area (Å²) in [5, 5.41) is 10.5. The third-order valence-electron chi connectivity index (χ3n) is 3.93. The molecule has 0 aromatic heterocycles. The van der Waals surface area contributed by atoms with Gasteiger partial charge in [-0.25, -0.2) is 0 Å². The van der Waals surface area contributed by atoms with Crippen molar-refractivity contribution in [1.82, 2.24) is 4.90 Å².